The molecule has 5 rings (SSSR count). The number of carboxylic acids is 1. The van der Waals surface area contributed by atoms with Crippen LogP contribution in [0, 0.1) is 29.5 Å². The average molecular weight is 593 g/mol. The number of methoxy groups -OCH3 is 1. The van der Waals surface area contributed by atoms with Crippen molar-refractivity contribution in [2.24, 2.45) is 23.7 Å². The Morgan fingerprint density at radius 3 is 2.33 bits per heavy atom. The molecule has 0 radical (unpaired) electrons. The van der Waals surface area contributed by atoms with Gasteiger partial charge in [-0.15, -0.1) is 0 Å². The van der Waals surface area contributed by atoms with E-state index in [1.165, 1.54) is 25.3 Å². The molecule has 0 aromatic heterocycles. The zero-order valence-electron chi connectivity index (χ0n) is 22.9. The van der Waals surface area contributed by atoms with Crippen molar-refractivity contribution < 1.29 is 46.5 Å². The van der Waals surface area contributed by atoms with Gasteiger partial charge in [0.15, 0.2) is 11.6 Å². The Morgan fingerprint density at radius 1 is 0.952 bits per heavy atom. The van der Waals surface area contributed by atoms with Gasteiger partial charge in [-0.3, -0.25) is 14.4 Å². The standard InChI is InChI=1S/C30H32F4N2O6/c1-41-23-14-22(31)24(42-20-9-7-15(8-10-20)29(39)40)13-21(23)27(37)36-26-17-6-5-16(11-17)25(26)28(38)35-19-4-2-3-18(12-19)30(32,33)34/h2-4,12-17,20,25-26H,5-11H2,1H3,(H,35,38)(H,36,37)(H,39,40)/t15-,16-,17+,20+,25+,26-/m1/s1. The van der Waals surface area contributed by atoms with Crippen LogP contribution in [0.1, 0.15) is 60.9 Å². The number of fused-ring (bicyclic) bond motifs is 2. The molecule has 0 unspecified atom stereocenters. The first-order chi connectivity index (χ1) is 19.9. The summed E-state index contributed by atoms with van der Waals surface area (Å²) in [6.45, 7) is 0. The number of hydrogen-bond acceptors (Lipinski definition) is 5. The van der Waals surface area contributed by atoms with Crippen LogP contribution in [0.4, 0.5) is 23.2 Å². The van der Waals surface area contributed by atoms with Gasteiger partial charge in [-0.05, 0) is 81.0 Å². The number of benzene rings is 2. The van der Waals surface area contributed by atoms with Gasteiger partial charge in [-0.1, -0.05) is 6.07 Å². The van der Waals surface area contributed by atoms with E-state index in [2.05, 4.69) is 10.6 Å². The monoisotopic (exact) mass is 592 g/mol. The minimum Gasteiger partial charge on any atom is -0.496 e. The van der Waals surface area contributed by atoms with Gasteiger partial charge in [-0.25, -0.2) is 4.39 Å². The summed E-state index contributed by atoms with van der Waals surface area (Å²) < 4.78 is 65.5. The predicted molar refractivity (Wildman–Crippen MR) is 143 cm³/mol. The van der Waals surface area contributed by atoms with Gasteiger partial charge in [0.2, 0.25) is 5.91 Å². The van der Waals surface area contributed by atoms with Crippen molar-refractivity contribution in [3.05, 3.63) is 53.3 Å². The Bertz CT molecular complexity index is 1360. The third-order valence-electron chi connectivity index (χ3n) is 8.79. The van der Waals surface area contributed by atoms with E-state index in [1.54, 1.807) is 0 Å². The molecule has 2 bridgehead atoms. The van der Waals surface area contributed by atoms with Gasteiger partial charge in [0, 0.05) is 17.8 Å². The lowest BCUT2D eigenvalue weighted by Gasteiger charge is -2.31. The van der Waals surface area contributed by atoms with Crippen LogP contribution in [0.15, 0.2) is 36.4 Å². The highest BCUT2D eigenvalue weighted by molar-refractivity contribution is 5.99. The second-order valence-electron chi connectivity index (χ2n) is 11.3. The van der Waals surface area contributed by atoms with Gasteiger partial charge in [0.25, 0.3) is 5.91 Å². The molecular weight excluding hydrogens is 560 g/mol. The van der Waals surface area contributed by atoms with E-state index in [-0.39, 0.29) is 34.6 Å². The van der Waals surface area contributed by atoms with E-state index in [1.807, 2.05) is 0 Å². The number of carboxylic acid groups (broad SMARTS) is 1. The minimum absolute atomic E-state index is 0.00259. The second kappa shape index (κ2) is 11.8. The molecule has 3 aliphatic rings. The quantitative estimate of drug-likeness (QED) is 0.341. The van der Waals surface area contributed by atoms with Crippen LogP contribution in [0.2, 0.25) is 0 Å². The normalized spacial score (nSPS) is 26.9. The molecule has 2 amide bonds. The summed E-state index contributed by atoms with van der Waals surface area (Å²) >= 11 is 0. The Hall–Kier alpha value is -3.83. The maximum atomic E-state index is 14.9. The largest absolute Gasteiger partial charge is 0.496 e. The predicted octanol–water partition coefficient (Wildman–Crippen LogP) is 5.66. The highest BCUT2D eigenvalue weighted by Crippen LogP contribution is 2.49. The number of anilines is 1. The lowest BCUT2D eigenvalue weighted by Crippen LogP contribution is -2.48. The number of hydrogen-bond donors (Lipinski definition) is 3. The van der Waals surface area contributed by atoms with Crippen LogP contribution < -0.4 is 20.1 Å². The molecular formula is C30H32F4N2O6. The van der Waals surface area contributed by atoms with Crippen molar-refractivity contribution in [1.29, 1.82) is 0 Å². The molecule has 3 N–H and O–H groups in total. The molecule has 0 spiro atoms. The number of carbonyl (C=O) groups excluding carboxylic acids is 2. The topological polar surface area (TPSA) is 114 Å². The number of carbonyl (C=O) groups is 3. The van der Waals surface area contributed by atoms with Crippen molar-refractivity contribution in [2.75, 3.05) is 12.4 Å². The molecule has 3 fully saturated rings. The molecule has 12 heteroatoms. The maximum Gasteiger partial charge on any atom is 0.416 e. The summed E-state index contributed by atoms with van der Waals surface area (Å²) in [4.78, 5) is 38.1. The van der Waals surface area contributed by atoms with Crippen LogP contribution in [-0.2, 0) is 15.8 Å². The Labute approximate surface area is 239 Å². The number of ether oxygens (including phenoxy) is 2. The molecule has 0 aliphatic heterocycles. The summed E-state index contributed by atoms with van der Waals surface area (Å²) in [6, 6.07) is 6.11. The van der Waals surface area contributed by atoms with Gasteiger partial charge in [-0.2, -0.15) is 13.2 Å². The molecule has 2 aromatic carbocycles. The maximum absolute atomic E-state index is 14.9. The molecule has 42 heavy (non-hydrogen) atoms. The first kappa shape index (κ1) is 29.7. The van der Waals surface area contributed by atoms with Crippen LogP contribution >= 0.6 is 0 Å². The lowest BCUT2D eigenvalue weighted by molar-refractivity contribution is -0.143. The van der Waals surface area contributed by atoms with Crippen LogP contribution in [0.5, 0.6) is 11.5 Å². The number of nitrogens with one attached hydrogen (secondary N) is 2. The summed E-state index contributed by atoms with van der Waals surface area (Å²) in [5.41, 5.74) is -0.857. The van der Waals surface area contributed by atoms with Crippen LogP contribution in [0.3, 0.4) is 0 Å². The summed E-state index contributed by atoms with van der Waals surface area (Å²) in [6.07, 6.45) is -1.06. The zero-order valence-corrected chi connectivity index (χ0v) is 22.9. The molecule has 0 saturated heterocycles. The third kappa shape index (κ3) is 6.17. The fourth-order valence-corrected chi connectivity index (χ4v) is 6.68. The van der Waals surface area contributed by atoms with E-state index in [0.717, 1.165) is 31.0 Å². The minimum atomic E-state index is -4.56. The summed E-state index contributed by atoms with van der Waals surface area (Å²) in [5, 5.41) is 14.7. The first-order valence-corrected chi connectivity index (χ1v) is 14.0. The molecule has 3 saturated carbocycles. The number of aliphatic carboxylic acids is 1. The summed E-state index contributed by atoms with van der Waals surface area (Å²) in [5.74, 6) is -4.02. The van der Waals surface area contributed by atoms with Crippen LogP contribution in [0.25, 0.3) is 0 Å². The zero-order chi connectivity index (χ0) is 30.2. The Balaban J connectivity index is 1.31. The van der Waals surface area contributed by atoms with E-state index in [9.17, 15) is 37.1 Å². The Morgan fingerprint density at radius 2 is 1.67 bits per heavy atom. The van der Waals surface area contributed by atoms with E-state index in [4.69, 9.17) is 9.47 Å². The van der Waals surface area contributed by atoms with Gasteiger partial charge >= 0.3 is 12.1 Å². The fraction of sp³-hybridized carbons (Fsp3) is 0.500. The van der Waals surface area contributed by atoms with E-state index >= 15 is 0 Å². The molecule has 0 heterocycles. The SMILES string of the molecule is COc1cc(F)c(O[C@H]2CC[C@@H](C(=O)O)CC2)cc1C(=O)N[C@@H]1[C@H]2CC[C@H](C2)[C@@H]1C(=O)Nc1cccc(C(F)(F)F)c1. The third-order valence-corrected chi connectivity index (χ3v) is 8.79. The number of rotatable bonds is 8. The smallest absolute Gasteiger partial charge is 0.416 e. The molecule has 226 valence electrons. The van der Waals surface area contributed by atoms with Gasteiger partial charge < -0.3 is 25.2 Å². The molecule has 3 aliphatic carbocycles. The Kier molecular flexibility index (Phi) is 8.34. The van der Waals surface area contributed by atoms with Crippen LogP contribution in [-0.4, -0.2) is 42.1 Å². The summed E-state index contributed by atoms with van der Waals surface area (Å²) in [7, 11) is 1.29. The number of alkyl halides is 3. The first-order valence-electron chi connectivity index (χ1n) is 14.0. The molecule has 4 atom stereocenters. The number of halogens is 4. The van der Waals surface area contributed by atoms with E-state index in [0.29, 0.717) is 32.1 Å². The van der Waals surface area contributed by atoms with Gasteiger partial charge in [0.05, 0.1) is 36.2 Å². The van der Waals surface area contributed by atoms with E-state index < -0.39 is 59.3 Å². The van der Waals surface area contributed by atoms with Crippen molar-refractivity contribution in [3.8, 4) is 11.5 Å². The molecule has 8 nitrogen and oxygen atoms in total. The van der Waals surface area contributed by atoms with Crippen molar-refractivity contribution >= 4 is 23.5 Å². The van der Waals surface area contributed by atoms with Crippen molar-refractivity contribution in [2.45, 2.75) is 63.3 Å². The number of amides is 2. The highest BCUT2D eigenvalue weighted by atomic mass is 19.4. The van der Waals surface area contributed by atoms with Crippen molar-refractivity contribution in [1.82, 2.24) is 5.32 Å². The average Bonchev–Trinajstić information content (AvgIpc) is 3.56. The molecule has 2 aromatic rings. The highest BCUT2D eigenvalue weighted by Gasteiger charge is 2.51. The second-order valence-corrected chi connectivity index (χ2v) is 11.3. The fourth-order valence-electron chi connectivity index (χ4n) is 6.68. The van der Waals surface area contributed by atoms with Gasteiger partial charge in [0.1, 0.15) is 5.75 Å². The van der Waals surface area contributed by atoms with Crippen molar-refractivity contribution in [3.63, 3.8) is 0 Å². The lowest BCUT2D eigenvalue weighted by atomic mass is 9.83.